The van der Waals surface area contributed by atoms with Crippen LogP contribution in [0.3, 0.4) is 0 Å². The van der Waals surface area contributed by atoms with Crippen LogP contribution in [0.25, 0.3) is 0 Å². The molecule has 0 amide bonds. The fourth-order valence-electron chi connectivity index (χ4n) is 1.49. The zero-order valence-corrected chi connectivity index (χ0v) is 12.0. The number of ether oxygens (including phenoxy) is 1. The van der Waals surface area contributed by atoms with Gasteiger partial charge >= 0.3 is 0 Å². The minimum Gasteiger partial charge on any atom is -0.473 e. The number of aromatic nitrogens is 2. The van der Waals surface area contributed by atoms with Crippen molar-refractivity contribution in [3.05, 3.63) is 40.8 Å². The fraction of sp³-hybridized carbons (Fsp3) is 0.333. The Hall–Kier alpha value is -1.28. The van der Waals surface area contributed by atoms with Crippen LogP contribution in [-0.2, 0) is 6.54 Å². The molecule has 0 aliphatic heterocycles. The molecule has 0 bridgehead atoms. The molecule has 2 rings (SSSR count). The van der Waals surface area contributed by atoms with Crippen molar-refractivity contribution in [1.29, 1.82) is 0 Å². The van der Waals surface area contributed by atoms with Crippen molar-refractivity contribution in [1.82, 2.24) is 14.1 Å². The van der Waals surface area contributed by atoms with Crippen LogP contribution >= 0.6 is 23.3 Å². The minimum absolute atomic E-state index is 0.0872. The second-order valence-electron chi connectivity index (χ2n) is 4.09. The Balaban J connectivity index is 1.68. The molecule has 20 heavy (non-hydrogen) atoms. The molecule has 1 aromatic heterocycles. The van der Waals surface area contributed by atoms with Gasteiger partial charge in [0, 0.05) is 13.1 Å². The van der Waals surface area contributed by atoms with Crippen molar-refractivity contribution in [3.63, 3.8) is 0 Å². The van der Waals surface area contributed by atoms with Crippen molar-refractivity contribution in [2.75, 3.05) is 13.2 Å². The molecule has 2 aromatic rings. The molecule has 0 aliphatic rings. The highest BCUT2D eigenvalue weighted by molar-refractivity contribution is 6.99. The molecule has 0 aliphatic carbocycles. The number of benzene rings is 1. The van der Waals surface area contributed by atoms with E-state index in [2.05, 4.69) is 14.1 Å². The maximum absolute atomic E-state index is 13.0. The lowest BCUT2D eigenvalue weighted by molar-refractivity contribution is 0.104. The number of nitrogens with one attached hydrogen (secondary N) is 1. The minimum atomic E-state index is -0.673. The molecule has 2 N–H and O–H groups in total. The summed E-state index contributed by atoms with van der Waals surface area (Å²) in [5, 5.41) is 12.8. The van der Waals surface area contributed by atoms with Crippen LogP contribution in [0.5, 0.6) is 5.88 Å². The van der Waals surface area contributed by atoms with Crippen molar-refractivity contribution >= 4 is 23.3 Å². The summed E-state index contributed by atoms with van der Waals surface area (Å²) < 4.78 is 25.8. The van der Waals surface area contributed by atoms with E-state index in [0.717, 1.165) is 17.3 Å². The van der Waals surface area contributed by atoms with Gasteiger partial charge in [0.1, 0.15) is 24.7 Å². The molecule has 8 heteroatoms. The van der Waals surface area contributed by atoms with E-state index < -0.39 is 11.9 Å². The van der Waals surface area contributed by atoms with Gasteiger partial charge < -0.3 is 15.2 Å². The summed E-state index contributed by atoms with van der Waals surface area (Å²) in [5.41, 5.74) is 0.841. The molecule has 1 heterocycles. The quantitative estimate of drug-likeness (QED) is 0.816. The van der Waals surface area contributed by atoms with E-state index in [1.165, 1.54) is 12.3 Å². The Morgan fingerprint density at radius 1 is 1.50 bits per heavy atom. The van der Waals surface area contributed by atoms with Gasteiger partial charge in [-0.25, -0.2) is 4.39 Å². The number of aliphatic hydroxyl groups is 1. The van der Waals surface area contributed by atoms with Crippen molar-refractivity contribution < 1.29 is 14.2 Å². The van der Waals surface area contributed by atoms with Crippen LogP contribution in [0.4, 0.5) is 4.39 Å². The molecule has 0 spiro atoms. The largest absolute Gasteiger partial charge is 0.473 e. The zero-order chi connectivity index (χ0) is 14.4. The zero-order valence-electron chi connectivity index (χ0n) is 10.4. The summed E-state index contributed by atoms with van der Waals surface area (Å²) in [6, 6.07) is 4.50. The van der Waals surface area contributed by atoms with Gasteiger partial charge in [-0.2, -0.15) is 4.37 Å². The number of halogens is 2. The highest BCUT2D eigenvalue weighted by Crippen LogP contribution is 2.15. The van der Waals surface area contributed by atoms with Crippen LogP contribution < -0.4 is 10.1 Å². The molecule has 1 aromatic carbocycles. The van der Waals surface area contributed by atoms with Crippen molar-refractivity contribution in [3.8, 4) is 5.88 Å². The fourth-order valence-corrected chi connectivity index (χ4v) is 2.06. The van der Waals surface area contributed by atoms with Crippen molar-refractivity contribution in [2.24, 2.45) is 0 Å². The Kier molecular flexibility index (Phi) is 5.66. The van der Waals surface area contributed by atoms with Crippen LogP contribution in [0, 0.1) is 5.82 Å². The lowest BCUT2D eigenvalue weighted by Crippen LogP contribution is -2.31. The number of nitrogens with zero attached hydrogens (tertiary/aromatic N) is 2. The molecule has 5 nitrogen and oxygen atoms in total. The first-order chi connectivity index (χ1) is 9.65. The van der Waals surface area contributed by atoms with Crippen LogP contribution in [0.1, 0.15) is 5.56 Å². The number of hydrogen-bond donors (Lipinski definition) is 2. The smallest absolute Gasteiger partial charge is 0.245 e. The third-order valence-corrected chi connectivity index (χ3v) is 3.21. The highest BCUT2D eigenvalue weighted by Gasteiger charge is 2.07. The van der Waals surface area contributed by atoms with Gasteiger partial charge in [-0.1, -0.05) is 17.7 Å². The van der Waals surface area contributed by atoms with Gasteiger partial charge in [-0.15, -0.1) is 4.37 Å². The van der Waals surface area contributed by atoms with Crippen LogP contribution in [0.2, 0.25) is 5.02 Å². The summed E-state index contributed by atoms with van der Waals surface area (Å²) in [4.78, 5) is 0. The molecule has 108 valence electrons. The first-order valence-corrected chi connectivity index (χ1v) is 6.99. The predicted molar refractivity (Wildman–Crippen MR) is 74.5 cm³/mol. The summed E-state index contributed by atoms with van der Waals surface area (Å²) in [6.45, 7) is 0.949. The third kappa shape index (κ3) is 4.68. The molecule has 0 radical (unpaired) electrons. The first-order valence-electron chi connectivity index (χ1n) is 5.88. The predicted octanol–water partition coefficient (Wildman–Crippen LogP) is 1.86. The Labute approximate surface area is 124 Å². The topological polar surface area (TPSA) is 67.3 Å². The Bertz CT molecular complexity index is 542. The van der Waals surface area contributed by atoms with Gasteiger partial charge in [-0.05, 0) is 17.7 Å². The summed E-state index contributed by atoms with van der Waals surface area (Å²) in [5.74, 6) is -0.0416. The SMILES string of the molecule is OC(CNCc1ccc(F)c(Cl)c1)COc1cnsn1. The average Bonchev–Trinajstić information content (AvgIpc) is 2.94. The normalized spacial score (nSPS) is 12.3. The lowest BCUT2D eigenvalue weighted by atomic mass is 10.2. The standard InChI is InChI=1S/C12H13ClFN3O2S/c13-10-3-8(1-2-11(10)14)4-15-5-9(18)7-19-12-6-16-20-17-12/h1-3,6,9,15,18H,4-5,7H2. The molecule has 0 fully saturated rings. The molecular weight excluding hydrogens is 305 g/mol. The van der Waals surface area contributed by atoms with E-state index in [1.807, 2.05) is 0 Å². The molecular formula is C12H13ClFN3O2S. The Morgan fingerprint density at radius 3 is 3.05 bits per heavy atom. The maximum atomic E-state index is 13.0. The maximum Gasteiger partial charge on any atom is 0.245 e. The van der Waals surface area contributed by atoms with Crippen LogP contribution in [-0.4, -0.2) is 33.1 Å². The van der Waals surface area contributed by atoms with Gasteiger partial charge in [0.05, 0.1) is 16.8 Å². The number of rotatable bonds is 7. The monoisotopic (exact) mass is 317 g/mol. The van der Waals surface area contributed by atoms with E-state index in [9.17, 15) is 9.50 Å². The van der Waals surface area contributed by atoms with E-state index in [1.54, 1.807) is 12.1 Å². The summed E-state index contributed by atoms with van der Waals surface area (Å²) in [7, 11) is 0. The van der Waals surface area contributed by atoms with Gasteiger partial charge in [0.15, 0.2) is 0 Å². The second-order valence-corrected chi connectivity index (χ2v) is 5.05. The first kappa shape index (κ1) is 15.1. The van der Waals surface area contributed by atoms with Crippen molar-refractivity contribution in [2.45, 2.75) is 12.6 Å². The molecule has 1 atom stereocenters. The summed E-state index contributed by atoms with van der Waals surface area (Å²) >= 11 is 6.72. The van der Waals surface area contributed by atoms with Gasteiger partial charge in [-0.3, -0.25) is 0 Å². The van der Waals surface area contributed by atoms with E-state index >= 15 is 0 Å². The number of aliphatic hydroxyl groups excluding tert-OH is 1. The summed E-state index contributed by atoms with van der Waals surface area (Å²) in [6.07, 6.45) is 0.818. The second kappa shape index (κ2) is 7.49. The molecule has 1 unspecified atom stereocenters. The van der Waals surface area contributed by atoms with E-state index in [4.69, 9.17) is 16.3 Å². The molecule has 0 saturated carbocycles. The van der Waals surface area contributed by atoms with E-state index in [-0.39, 0.29) is 11.6 Å². The third-order valence-electron chi connectivity index (χ3n) is 2.46. The average molecular weight is 318 g/mol. The van der Waals surface area contributed by atoms with Gasteiger partial charge in [0.25, 0.3) is 0 Å². The van der Waals surface area contributed by atoms with Crippen LogP contribution in [0.15, 0.2) is 24.4 Å². The molecule has 0 saturated heterocycles. The van der Waals surface area contributed by atoms with Gasteiger partial charge in [0.2, 0.25) is 5.88 Å². The Morgan fingerprint density at radius 2 is 2.35 bits per heavy atom. The lowest BCUT2D eigenvalue weighted by Gasteiger charge is -2.12. The number of hydrogen-bond acceptors (Lipinski definition) is 6. The van der Waals surface area contributed by atoms with E-state index in [0.29, 0.717) is 19.0 Å². The highest BCUT2D eigenvalue weighted by atomic mass is 35.5.